The standard InChI is InChI=1S/C17H14N2O3S2/c1-22-17(21)11-2-4-13(5-3-11)18-15(20)8-14-10-24-16(19-14)12-6-7-23-9-12/h2-7,9-10H,8H2,1H3,(H,18,20). The molecule has 0 saturated carbocycles. The topological polar surface area (TPSA) is 68.3 Å². The lowest BCUT2D eigenvalue weighted by Crippen LogP contribution is -2.14. The lowest BCUT2D eigenvalue weighted by molar-refractivity contribution is -0.115. The summed E-state index contributed by atoms with van der Waals surface area (Å²) in [4.78, 5) is 28.0. The Morgan fingerprint density at radius 1 is 1.17 bits per heavy atom. The molecule has 0 aliphatic rings. The number of amides is 1. The number of thiophene rings is 1. The molecule has 0 saturated heterocycles. The summed E-state index contributed by atoms with van der Waals surface area (Å²) in [5, 5.41) is 9.64. The Balaban J connectivity index is 1.60. The number of nitrogens with zero attached hydrogens (tertiary/aromatic N) is 1. The zero-order chi connectivity index (χ0) is 16.9. The summed E-state index contributed by atoms with van der Waals surface area (Å²) in [5.74, 6) is -0.556. The van der Waals surface area contributed by atoms with Gasteiger partial charge in [0.05, 0.1) is 24.8 Å². The maximum Gasteiger partial charge on any atom is 0.337 e. The number of thiazole rings is 1. The van der Waals surface area contributed by atoms with E-state index in [-0.39, 0.29) is 12.3 Å². The Labute approximate surface area is 146 Å². The number of hydrogen-bond acceptors (Lipinski definition) is 6. The van der Waals surface area contributed by atoms with E-state index < -0.39 is 5.97 Å². The van der Waals surface area contributed by atoms with Crippen LogP contribution in [0.5, 0.6) is 0 Å². The molecule has 2 aromatic heterocycles. The van der Waals surface area contributed by atoms with Crippen LogP contribution in [0.15, 0.2) is 46.5 Å². The van der Waals surface area contributed by atoms with E-state index in [9.17, 15) is 9.59 Å². The van der Waals surface area contributed by atoms with Crippen molar-refractivity contribution in [3.63, 3.8) is 0 Å². The highest BCUT2D eigenvalue weighted by Crippen LogP contribution is 2.25. The number of carbonyl (C=O) groups excluding carboxylic acids is 2. The highest BCUT2D eigenvalue weighted by Gasteiger charge is 2.10. The molecule has 0 aliphatic carbocycles. The third-order valence-corrected chi connectivity index (χ3v) is 4.87. The van der Waals surface area contributed by atoms with Gasteiger partial charge in [0.15, 0.2) is 0 Å². The van der Waals surface area contributed by atoms with E-state index in [0.29, 0.717) is 11.3 Å². The molecule has 0 unspecified atom stereocenters. The fourth-order valence-corrected chi connectivity index (χ4v) is 3.62. The minimum Gasteiger partial charge on any atom is -0.465 e. The number of methoxy groups -OCH3 is 1. The number of anilines is 1. The van der Waals surface area contributed by atoms with E-state index in [1.807, 2.05) is 22.2 Å². The highest BCUT2D eigenvalue weighted by molar-refractivity contribution is 7.14. The number of hydrogen-bond donors (Lipinski definition) is 1. The molecule has 5 nitrogen and oxygen atoms in total. The number of benzene rings is 1. The van der Waals surface area contributed by atoms with Crippen LogP contribution in [0, 0.1) is 0 Å². The Bertz CT molecular complexity index is 839. The van der Waals surface area contributed by atoms with Crippen molar-refractivity contribution in [3.05, 3.63) is 57.7 Å². The van der Waals surface area contributed by atoms with Gasteiger partial charge in [-0.1, -0.05) is 0 Å². The quantitative estimate of drug-likeness (QED) is 0.704. The second kappa shape index (κ2) is 7.37. The summed E-state index contributed by atoms with van der Waals surface area (Å²) in [7, 11) is 1.33. The molecule has 1 N–H and O–H groups in total. The van der Waals surface area contributed by atoms with Crippen LogP contribution in [0.2, 0.25) is 0 Å². The number of esters is 1. The van der Waals surface area contributed by atoms with Crippen molar-refractivity contribution < 1.29 is 14.3 Å². The second-order valence-corrected chi connectivity index (χ2v) is 6.59. The molecule has 24 heavy (non-hydrogen) atoms. The normalized spacial score (nSPS) is 10.4. The Morgan fingerprint density at radius 2 is 1.96 bits per heavy atom. The highest BCUT2D eigenvalue weighted by atomic mass is 32.1. The maximum atomic E-state index is 12.1. The van der Waals surface area contributed by atoms with Gasteiger partial charge in [-0.05, 0) is 35.7 Å². The van der Waals surface area contributed by atoms with Gasteiger partial charge in [0.25, 0.3) is 0 Å². The number of nitrogens with one attached hydrogen (secondary N) is 1. The van der Waals surface area contributed by atoms with Crippen molar-refractivity contribution in [2.75, 3.05) is 12.4 Å². The number of rotatable bonds is 5. The fourth-order valence-electron chi connectivity index (χ4n) is 2.08. The molecule has 122 valence electrons. The van der Waals surface area contributed by atoms with Crippen LogP contribution in [0.25, 0.3) is 10.6 Å². The maximum absolute atomic E-state index is 12.1. The van der Waals surface area contributed by atoms with Gasteiger partial charge in [-0.3, -0.25) is 4.79 Å². The van der Waals surface area contributed by atoms with Crippen LogP contribution in [0.3, 0.4) is 0 Å². The Hall–Kier alpha value is -2.51. The average Bonchev–Trinajstić information content (AvgIpc) is 3.26. The van der Waals surface area contributed by atoms with Gasteiger partial charge >= 0.3 is 5.97 Å². The number of carbonyl (C=O) groups is 2. The summed E-state index contributed by atoms with van der Waals surface area (Å²) < 4.78 is 4.64. The molecule has 2 heterocycles. The minimum absolute atomic E-state index is 0.150. The van der Waals surface area contributed by atoms with Crippen LogP contribution < -0.4 is 5.32 Å². The van der Waals surface area contributed by atoms with Crippen molar-refractivity contribution in [3.8, 4) is 10.6 Å². The summed E-state index contributed by atoms with van der Waals surface area (Å²) in [6.45, 7) is 0. The van der Waals surface area contributed by atoms with Crippen LogP contribution in [-0.4, -0.2) is 24.0 Å². The molecule has 1 aromatic carbocycles. The third-order valence-electron chi connectivity index (χ3n) is 3.25. The first-order valence-corrected chi connectivity index (χ1v) is 8.93. The van der Waals surface area contributed by atoms with E-state index in [1.54, 1.807) is 35.6 Å². The van der Waals surface area contributed by atoms with Crippen LogP contribution in [0.1, 0.15) is 16.1 Å². The summed E-state index contributed by atoms with van der Waals surface area (Å²) in [5.41, 5.74) is 2.89. The van der Waals surface area contributed by atoms with Gasteiger partial charge in [0.2, 0.25) is 5.91 Å². The smallest absolute Gasteiger partial charge is 0.337 e. The first-order valence-electron chi connectivity index (χ1n) is 7.11. The van der Waals surface area contributed by atoms with E-state index in [1.165, 1.54) is 18.4 Å². The Kier molecular flexibility index (Phi) is 5.02. The minimum atomic E-state index is -0.406. The molecule has 3 aromatic rings. The van der Waals surface area contributed by atoms with Gasteiger partial charge in [-0.15, -0.1) is 11.3 Å². The molecule has 1 amide bonds. The van der Waals surface area contributed by atoms with E-state index in [2.05, 4.69) is 15.0 Å². The van der Waals surface area contributed by atoms with Gasteiger partial charge in [-0.2, -0.15) is 11.3 Å². The van der Waals surface area contributed by atoms with Gasteiger partial charge in [0.1, 0.15) is 5.01 Å². The van der Waals surface area contributed by atoms with E-state index in [4.69, 9.17) is 0 Å². The molecular weight excluding hydrogens is 344 g/mol. The summed E-state index contributed by atoms with van der Waals surface area (Å²) in [6.07, 6.45) is 0.208. The molecule has 0 fully saturated rings. The molecule has 0 atom stereocenters. The number of ether oxygens (including phenoxy) is 1. The van der Waals surface area contributed by atoms with Crippen LogP contribution in [-0.2, 0) is 16.0 Å². The molecule has 0 radical (unpaired) electrons. The number of aromatic nitrogens is 1. The van der Waals surface area contributed by atoms with Crippen molar-refractivity contribution in [1.29, 1.82) is 0 Å². The predicted molar refractivity (Wildman–Crippen MR) is 95.5 cm³/mol. The first kappa shape index (κ1) is 16.4. The largest absolute Gasteiger partial charge is 0.465 e. The summed E-state index contributed by atoms with van der Waals surface area (Å²) in [6, 6.07) is 8.57. The lowest BCUT2D eigenvalue weighted by atomic mass is 10.2. The van der Waals surface area contributed by atoms with Crippen molar-refractivity contribution in [2.45, 2.75) is 6.42 Å². The second-order valence-electron chi connectivity index (χ2n) is 4.95. The van der Waals surface area contributed by atoms with E-state index in [0.717, 1.165) is 16.3 Å². The van der Waals surface area contributed by atoms with Crippen molar-refractivity contribution in [1.82, 2.24) is 4.98 Å². The molecule has 3 rings (SSSR count). The lowest BCUT2D eigenvalue weighted by Gasteiger charge is -2.05. The molecular formula is C17H14N2O3S2. The predicted octanol–water partition coefficient (Wildman–Crippen LogP) is 3.84. The van der Waals surface area contributed by atoms with Crippen molar-refractivity contribution >= 4 is 40.2 Å². The van der Waals surface area contributed by atoms with Gasteiger partial charge < -0.3 is 10.1 Å². The third kappa shape index (κ3) is 3.87. The SMILES string of the molecule is COC(=O)c1ccc(NC(=O)Cc2csc(-c3ccsc3)n2)cc1. The zero-order valence-corrected chi connectivity index (χ0v) is 14.4. The van der Waals surface area contributed by atoms with Crippen molar-refractivity contribution in [2.24, 2.45) is 0 Å². The zero-order valence-electron chi connectivity index (χ0n) is 12.8. The van der Waals surface area contributed by atoms with Gasteiger partial charge in [-0.25, -0.2) is 9.78 Å². The average molecular weight is 358 g/mol. The molecule has 0 aliphatic heterocycles. The summed E-state index contributed by atoms with van der Waals surface area (Å²) >= 11 is 3.15. The van der Waals surface area contributed by atoms with Crippen LogP contribution >= 0.6 is 22.7 Å². The molecule has 7 heteroatoms. The Morgan fingerprint density at radius 3 is 2.62 bits per heavy atom. The fraction of sp³-hybridized carbons (Fsp3) is 0.118. The molecule has 0 spiro atoms. The monoisotopic (exact) mass is 358 g/mol. The van der Waals surface area contributed by atoms with Crippen LogP contribution in [0.4, 0.5) is 5.69 Å². The molecule has 0 bridgehead atoms. The van der Waals surface area contributed by atoms with Gasteiger partial charge in [0, 0.05) is 22.0 Å². The first-order chi connectivity index (χ1) is 11.7. The van der Waals surface area contributed by atoms with E-state index >= 15 is 0 Å².